The van der Waals surface area contributed by atoms with Crippen LogP contribution < -0.4 is 87.4 Å². The van der Waals surface area contributed by atoms with Crippen LogP contribution in [-0.4, -0.2) is 92.6 Å². The third-order valence-corrected chi connectivity index (χ3v) is 16.9. The molecule has 6 nitrogen and oxygen atoms in total. The van der Waals surface area contributed by atoms with Gasteiger partial charge in [-0.3, -0.25) is 0 Å². The van der Waals surface area contributed by atoms with E-state index in [4.69, 9.17) is 0 Å². The monoisotopic (exact) mass is 874 g/mol. The maximum Gasteiger partial charge on any atom is 4.00 e. The number of hydrogen-bond donors (Lipinski definition) is 0. The first-order valence-corrected chi connectivity index (χ1v) is 20.7. The Bertz CT molecular complexity index is 1820. The van der Waals surface area contributed by atoms with Crippen LogP contribution in [0, 0.1) is 69.2 Å². The smallest absolute Gasteiger partial charge is 1.00 e. The zero-order valence-corrected chi connectivity index (χ0v) is 43.4. The summed E-state index contributed by atoms with van der Waals surface area (Å²) >= 11 is 0. The quantitative estimate of drug-likeness (QED) is 0.0975. The van der Waals surface area contributed by atoms with Crippen molar-refractivity contribution in [2.24, 2.45) is 0 Å². The van der Waals surface area contributed by atoms with E-state index in [2.05, 4.69) is 201 Å². The van der Waals surface area contributed by atoms with Crippen LogP contribution in [0.3, 0.4) is 0 Å². The van der Waals surface area contributed by atoms with Gasteiger partial charge in [-0.05, 0) is 90.5 Å². The average molecular weight is 876 g/mol. The molecule has 4 rings (SSSR count). The molecule has 0 aliphatic carbocycles. The van der Waals surface area contributed by atoms with E-state index >= 15 is 0 Å². The number of nitrogens with zero attached hydrogens (tertiary/aromatic N) is 6. The molecular weight excluding hydrogens is 807 g/mol. The van der Waals surface area contributed by atoms with Crippen LogP contribution in [0.15, 0.2) is 18.2 Å². The molecule has 11 heteroatoms. The Balaban J connectivity index is 0.00000756. The Morgan fingerprint density at radius 1 is 0.339 bits per heavy atom. The Hall–Kier alpha value is -2.39. The summed E-state index contributed by atoms with van der Waals surface area (Å²) in [6, 6.07) is 7.77. The van der Waals surface area contributed by atoms with Gasteiger partial charge in [0.25, 0.3) is 0 Å². The van der Waals surface area contributed by atoms with E-state index in [-0.39, 0.29) is 58.9 Å². The number of benzene rings is 3. The van der Waals surface area contributed by atoms with Gasteiger partial charge in [-0.25, -0.2) is 0 Å². The number of hydrogen-bond acceptors (Lipinski definition) is 6. The fraction of sp³-hybridized carbons (Fsp3) is 0.489. The topological polar surface area (TPSA) is 19.4 Å². The third-order valence-electron chi connectivity index (χ3n) is 11.8. The largest absolute Gasteiger partial charge is 4.00 e. The van der Waals surface area contributed by atoms with Gasteiger partial charge < -0.3 is 66.6 Å². The molecule has 0 atom stereocenters. The van der Waals surface area contributed by atoms with Crippen molar-refractivity contribution in [1.29, 1.82) is 0 Å². The first-order chi connectivity index (χ1) is 24.0. The van der Waals surface area contributed by atoms with Gasteiger partial charge >= 0.3 is 21.7 Å². The Morgan fingerprint density at radius 2 is 0.536 bits per heavy atom. The van der Waals surface area contributed by atoms with Gasteiger partial charge in [0, 0.05) is 119 Å². The molecule has 0 fully saturated rings. The molecule has 56 heavy (non-hydrogen) atoms. The SMILES string of the molecule is Cc1cc([Si](c2cc(C)c(N(C)C)c(C)c2N(C)C)(c2cc(C)c(N(C)C)c(C)c2N(C)C)[c-]2c(C)c(C)c(C)c2C)c(N(C)C)c(C)c1N(C)C.[Cl-].[Cl-].[Cl-].[Ti+4]. The van der Waals surface area contributed by atoms with Crippen LogP contribution in [0.1, 0.15) is 55.6 Å². The van der Waals surface area contributed by atoms with Gasteiger partial charge in [0.1, 0.15) is 8.07 Å². The summed E-state index contributed by atoms with van der Waals surface area (Å²) in [5.41, 5.74) is 21.4. The number of rotatable bonds is 10. The van der Waals surface area contributed by atoms with Crippen molar-refractivity contribution in [3.63, 3.8) is 0 Å². The molecule has 4 aromatic rings. The van der Waals surface area contributed by atoms with Crippen LogP contribution in [0.25, 0.3) is 0 Å². The second kappa shape index (κ2) is 19.6. The molecule has 0 aliphatic heterocycles. The number of aryl methyl sites for hydroxylation is 3. The van der Waals surface area contributed by atoms with E-state index in [1.54, 1.807) is 0 Å². The maximum absolute atomic E-state index is 3.26. The van der Waals surface area contributed by atoms with Crippen molar-refractivity contribution in [1.82, 2.24) is 0 Å². The van der Waals surface area contributed by atoms with E-state index in [1.807, 2.05) is 0 Å². The molecule has 0 aromatic heterocycles. The summed E-state index contributed by atoms with van der Waals surface area (Å²) in [7, 11) is 23.3. The van der Waals surface area contributed by atoms with E-state index in [1.165, 1.54) is 111 Å². The van der Waals surface area contributed by atoms with Crippen LogP contribution in [-0.2, 0) is 21.7 Å². The molecule has 0 saturated carbocycles. The maximum atomic E-state index is 2.59. The summed E-state index contributed by atoms with van der Waals surface area (Å²) in [5.74, 6) is 0. The molecule has 0 saturated heterocycles. The molecule has 0 heterocycles. The molecule has 0 amide bonds. The van der Waals surface area contributed by atoms with Crippen molar-refractivity contribution in [2.75, 3.05) is 114 Å². The van der Waals surface area contributed by atoms with Gasteiger partial charge in [0.05, 0.1) is 0 Å². The van der Waals surface area contributed by atoms with E-state index in [0.29, 0.717) is 0 Å². The van der Waals surface area contributed by atoms with Gasteiger partial charge in [-0.1, -0.05) is 45.9 Å². The molecular formula is C45H69Cl3N6SiTi. The van der Waals surface area contributed by atoms with Crippen LogP contribution in [0.2, 0.25) is 0 Å². The average Bonchev–Trinajstić information content (AvgIpc) is 3.18. The molecule has 308 valence electrons. The van der Waals surface area contributed by atoms with E-state index in [9.17, 15) is 0 Å². The summed E-state index contributed by atoms with van der Waals surface area (Å²) in [6.45, 7) is 23.5. The molecule has 4 aromatic carbocycles. The first-order valence-electron chi connectivity index (χ1n) is 18.7. The van der Waals surface area contributed by atoms with Gasteiger partial charge in [0.2, 0.25) is 0 Å². The third kappa shape index (κ3) is 8.38. The Morgan fingerprint density at radius 3 is 0.714 bits per heavy atom. The standard InChI is InChI=1S/C45H69N6Si.3ClH.Ti/c1-26-23-36(42(49(17)18)33(8)39(26)46(11)12)52(45-31(6)29(4)30(5)32(45)7,37-24-27(2)40(47(13)14)34(9)43(37)50(19)20)38-25-28(3)41(48(15)16)35(10)44(38)51(21)22;;;;/h23-25H,1-22H3;3*1H;/q-1;;;;+4/p-3. The first kappa shape index (κ1) is 53.6. The Kier molecular flexibility index (Phi) is 18.7. The molecule has 0 bridgehead atoms. The molecule has 0 aliphatic rings. The minimum atomic E-state index is -3.26. The van der Waals surface area contributed by atoms with Crippen molar-refractivity contribution < 1.29 is 58.9 Å². The van der Waals surface area contributed by atoms with Crippen LogP contribution in [0.5, 0.6) is 0 Å². The molecule has 0 spiro atoms. The van der Waals surface area contributed by atoms with Gasteiger partial charge in [-0.2, -0.15) is 22.3 Å². The number of anilines is 6. The predicted octanol–water partition coefficient (Wildman–Crippen LogP) is -2.73. The number of halogens is 3. The van der Waals surface area contributed by atoms with Gasteiger partial charge in [0.15, 0.2) is 0 Å². The zero-order chi connectivity index (χ0) is 39.6. The van der Waals surface area contributed by atoms with Crippen LogP contribution >= 0.6 is 0 Å². The summed E-state index contributed by atoms with van der Waals surface area (Å²) in [5, 5.41) is 5.89. The van der Waals surface area contributed by atoms with Gasteiger partial charge in [-0.15, -0.1) is 5.19 Å². The summed E-state index contributed by atoms with van der Waals surface area (Å²) in [6.07, 6.45) is 0. The Labute approximate surface area is 376 Å². The predicted molar refractivity (Wildman–Crippen MR) is 239 cm³/mol. The fourth-order valence-corrected chi connectivity index (χ4v) is 16.9. The van der Waals surface area contributed by atoms with Crippen molar-refractivity contribution in [3.05, 3.63) is 73.8 Å². The minimum Gasteiger partial charge on any atom is -1.00 e. The normalized spacial score (nSPS) is 10.8. The molecule has 0 unspecified atom stereocenters. The summed E-state index contributed by atoms with van der Waals surface area (Å²) < 4.78 is 0. The zero-order valence-electron chi connectivity index (χ0n) is 38.5. The van der Waals surface area contributed by atoms with Crippen molar-refractivity contribution in [2.45, 2.75) is 69.2 Å². The molecule has 0 radical (unpaired) electrons. The second-order valence-corrected chi connectivity index (χ2v) is 20.3. The fourth-order valence-electron chi connectivity index (χ4n) is 10.2. The van der Waals surface area contributed by atoms with Crippen LogP contribution in [0.4, 0.5) is 34.1 Å². The van der Waals surface area contributed by atoms with E-state index in [0.717, 1.165) is 0 Å². The summed E-state index contributed by atoms with van der Waals surface area (Å²) in [4.78, 5) is 14.1. The van der Waals surface area contributed by atoms with E-state index < -0.39 is 8.07 Å². The van der Waals surface area contributed by atoms with Crippen molar-refractivity contribution >= 4 is 62.9 Å². The molecule has 0 N–H and O–H groups in total. The van der Waals surface area contributed by atoms with Crippen molar-refractivity contribution in [3.8, 4) is 0 Å². The minimum absolute atomic E-state index is 0. The second-order valence-electron chi connectivity index (χ2n) is 16.7.